The van der Waals surface area contributed by atoms with Crippen molar-refractivity contribution in [2.45, 2.75) is 32.7 Å². The minimum Gasteiger partial charge on any atom is -0.477 e. The van der Waals surface area contributed by atoms with Crippen LogP contribution in [0.25, 0.3) is 5.65 Å². The number of hydrogen-bond acceptors (Lipinski definition) is 7. The fourth-order valence-electron chi connectivity index (χ4n) is 3.74. The van der Waals surface area contributed by atoms with Gasteiger partial charge >= 0.3 is 0 Å². The quantitative estimate of drug-likeness (QED) is 0.515. The van der Waals surface area contributed by atoms with E-state index in [0.717, 1.165) is 0 Å². The van der Waals surface area contributed by atoms with Gasteiger partial charge in [0.05, 0.1) is 18.0 Å². The van der Waals surface area contributed by atoms with Crippen LogP contribution in [0.4, 0.5) is 24.8 Å². The number of hydrogen-bond donors (Lipinski definition) is 2. The van der Waals surface area contributed by atoms with Crippen LogP contribution < -0.4 is 20.3 Å². The summed E-state index contributed by atoms with van der Waals surface area (Å²) in [7, 11) is 0. The Hall–Kier alpha value is -3.12. The first-order valence-electron chi connectivity index (χ1n) is 10.6. The number of nitrogens with one attached hydrogen (secondary N) is 2. The van der Waals surface area contributed by atoms with Crippen LogP contribution in [0.2, 0.25) is 0 Å². The summed E-state index contributed by atoms with van der Waals surface area (Å²) in [6, 6.07) is 0.788. The molecule has 13 heteroatoms. The summed E-state index contributed by atoms with van der Waals surface area (Å²) in [5.74, 6) is -0.799. The topological polar surface area (TPSA) is 96.7 Å². The second-order valence-corrected chi connectivity index (χ2v) is 7.69. The van der Waals surface area contributed by atoms with E-state index in [1.165, 1.54) is 16.7 Å². The van der Waals surface area contributed by atoms with Gasteiger partial charge in [-0.2, -0.15) is 4.98 Å². The van der Waals surface area contributed by atoms with Gasteiger partial charge in [-0.05, 0) is 13.8 Å². The van der Waals surface area contributed by atoms with Gasteiger partial charge in [0.1, 0.15) is 5.56 Å². The van der Waals surface area contributed by atoms with Crippen molar-refractivity contribution < 1.29 is 22.7 Å². The summed E-state index contributed by atoms with van der Waals surface area (Å²) in [6.45, 7) is 5.09. The van der Waals surface area contributed by atoms with Crippen LogP contribution in [0.3, 0.4) is 0 Å². The average Bonchev–Trinajstić information content (AvgIpc) is 3.14. The Labute approximate surface area is 200 Å². The summed E-state index contributed by atoms with van der Waals surface area (Å²) < 4.78 is 46.9. The predicted octanol–water partition coefficient (Wildman–Crippen LogP) is 3.08. The number of carbonyl (C=O) groups is 1. The lowest BCUT2D eigenvalue weighted by Crippen LogP contribution is -2.51. The lowest BCUT2D eigenvalue weighted by atomic mass is 10.1. The predicted molar refractivity (Wildman–Crippen MR) is 123 cm³/mol. The van der Waals surface area contributed by atoms with E-state index in [2.05, 4.69) is 25.6 Å². The van der Waals surface area contributed by atoms with Crippen molar-refractivity contribution in [3.8, 4) is 5.88 Å². The third-order valence-electron chi connectivity index (χ3n) is 5.15. The molecule has 4 rings (SSSR count). The van der Waals surface area contributed by atoms with Gasteiger partial charge in [-0.15, -0.1) is 12.4 Å². The fourth-order valence-corrected chi connectivity index (χ4v) is 3.74. The smallest absolute Gasteiger partial charge is 0.262 e. The number of carbonyl (C=O) groups excluding carboxylic acids is 1. The molecule has 1 saturated heterocycles. The number of pyridine rings is 1. The molecule has 0 bridgehead atoms. The fraction of sp³-hybridized carbons (Fsp3) is 0.429. The molecule has 0 aliphatic carbocycles. The molecule has 0 saturated carbocycles. The summed E-state index contributed by atoms with van der Waals surface area (Å²) >= 11 is 0. The molecule has 3 aromatic heterocycles. The molecule has 1 aliphatic rings. The largest absolute Gasteiger partial charge is 0.477 e. The molecule has 3 aromatic rings. The minimum absolute atomic E-state index is 0. The van der Waals surface area contributed by atoms with Gasteiger partial charge in [-0.25, -0.2) is 23.1 Å². The third kappa shape index (κ3) is 5.68. The number of piperazine rings is 1. The molecule has 0 radical (unpaired) electrons. The number of ether oxygens (including phenoxy) is 1. The Morgan fingerprint density at radius 2 is 2.15 bits per heavy atom. The van der Waals surface area contributed by atoms with Crippen LogP contribution in [0.1, 0.15) is 29.4 Å². The number of imidazole rings is 1. The number of aryl methyl sites for hydroxylation is 1. The average molecular weight is 500 g/mol. The Kier molecular flexibility index (Phi) is 8.15. The maximum absolute atomic E-state index is 14.3. The van der Waals surface area contributed by atoms with Gasteiger partial charge in [-0.3, -0.25) is 4.79 Å². The molecule has 1 aliphatic heterocycles. The molecule has 4 heterocycles. The molecule has 1 atom stereocenters. The normalized spacial score (nSPS) is 15.9. The molecule has 9 nitrogen and oxygen atoms in total. The van der Waals surface area contributed by atoms with E-state index in [1.807, 2.05) is 0 Å². The van der Waals surface area contributed by atoms with Crippen molar-refractivity contribution in [1.29, 1.82) is 0 Å². The van der Waals surface area contributed by atoms with Crippen molar-refractivity contribution in [2.75, 3.05) is 36.5 Å². The number of aromatic nitrogens is 4. The molecular formula is C21H25ClF3N7O2. The van der Waals surface area contributed by atoms with Gasteiger partial charge in [0.15, 0.2) is 11.5 Å². The van der Waals surface area contributed by atoms with Gasteiger partial charge in [0.2, 0.25) is 18.3 Å². The zero-order valence-corrected chi connectivity index (χ0v) is 19.4. The number of halogens is 4. The van der Waals surface area contributed by atoms with Gasteiger partial charge in [0, 0.05) is 56.8 Å². The second-order valence-electron chi connectivity index (χ2n) is 7.69. The Morgan fingerprint density at radius 3 is 2.88 bits per heavy atom. The van der Waals surface area contributed by atoms with E-state index in [-0.39, 0.29) is 54.2 Å². The highest BCUT2D eigenvalue weighted by atomic mass is 35.5. The number of fused-ring (bicyclic) bond motifs is 1. The molecule has 34 heavy (non-hydrogen) atoms. The van der Waals surface area contributed by atoms with Crippen LogP contribution in [0, 0.1) is 12.7 Å². The molecule has 0 aromatic carbocycles. The number of amides is 1. The van der Waals surface area contributed by atoms with E-state index in [4.69, 9.17) is 4.74 Å². The second kappa shape index (κ2) is 10.9. The molecule has 0 unspecified atom stereocenters. The summed E-state index contributed by atoms with van der Waals surface area (Å²) in [4.78, 5) is 27.4. The highest BCUT2D eigenvalue weighted by molar-refractivity contribution is 6.05. The molecular weight excluding hydrogens is 475 g/mol. The Morgan fingerprint density at radius 1 is 1.35 bits per heavy atom. The molecule has 184 valence electrons. The molecule has 2 N–H and O–H groups in total. The van der Waals surface area contributed by atoms with Crippen molar-refractivity contribution in [2.24, 2.45) is 0 Å². The Balaban J connectivity index is 0.00000324. The van der Waals surface area contributed by atoms with E-state index in [1.54, 1.807) is 31.1 Å². The van der Waals surface area contributed by atoms with Crippen molar-refractivity contribution in [3.05, 3.63) is 41.7 Å². The van der Waals surface area contributed by atoms with E-state index < -0.39 is 24.2 Å². The van der Waals surface area contributed by atoms with Crippen molar-refractivity contribution in [3.63, 3.8) is 0 Å². The van der Waals surface area contributed by atoms with Crippen LogP contribution in [-0.2, 0) is 0 Å². The van der Waals surface area contributed by atoms with Crippen molar-refractivity contribution in [1.82, 2.24) is 24.7 Å². The molecule has 0 spiro atoms. The number of rotatable bonds is 7. The standard InChI is InChI=1S/C21H24F3N7O2.ClH/c1-3-33-20-15(8-26-21(29-20)30-5-4-25-13(10-30)7-17(23)24)19(32)28-14-6-16(22)18-27-12(2)9-31(18)11-14;/h6,8-9,11,13,17,25H,3-5,7,10H2,1-2H3,(H,28,32);1H/t13-;/m1./s1. The van der Waals surface area contributed by atoms with Crippen LogP contribution in [0.15, 0.2) is 24.7 Å². The highest BCUT2D eigenvalue weighted by Gasteiger charge is 2.26. The zero-order valence-electron chi connectivity index (χ0n) is 18.6. The SMILES string of the molecule is CCOc1nc(N2CCN[C@H](CC(F)F)C2)ncc1C(=O)Nc1cc(F)c2nc(C)cn2c1.Cl. The van der Waals surface area contributed by atoms with E-state index >= 15 is 0 Å². The Bertz CT molecular complexity index is 1160. The van der Waals surface area contributed by atoms with E-state index in [0.29, 0.717) is 25.3 Å². The van der Waals surface area contributed by atoms with Gasteiger partial charge in [-0.1, -0.05) is 0 Å². The first-order valence-corrected chi connectivity index (χ1v) is 10.6. The first-order chi connectivity index (χ1) is 15.8. The van der Waals surface area contributed by atoms with Gasteiger partial charge < -0.3 is 24.7 Å². The van der Waals surface area contributed by atoms with E-state index in [9.17, 15) is 18.0 Å². The summed E-state index contributed by atoms with van der Waals surface area (Å²) in [5.41, 5.74) is 1.10. The lowest BCUT2D eigenvalue weighted by molar-refractivity contribution is 0.102. The van der Waals surface area contributed by atoms with Crippen LogP contribution >= 0.6 is 12.4 Å². The number of anilines is 2. The maximum atomic E-state index is 14.3. The minimum atomic E-state index is -2.41. The summed E-state index contributed by atoms with van der Waals surface area (Å²) in [6.07, 6.45) is 1.83. The monoisotopic (exact) mass is 499 g/mol. The molecule has 1 fully saturated rings. The maximum Gasteiger partial charge on any atom is 0.262 e. The first kappa shape index (κ1) is 25.5. The lowest BCUT2D eigenvalue weighted by Gasteiger charge is -2.33. The zero-order chi connectivity index (χ0) is 23.5. The van der Waals surface area contributed by atoms with Crippen molar-refractivity contribution >= 4 is 35.6 Å². The summed E-state index contributed by atoms with van der Waals surface area (Å²) in [5, 5.41) is 5.69. The number of alkyl halides is 2. The van der Waals surface area contributed by atoms with Crippen LogP contribution in [0.5, 0.6) is 5.88 Å². The highest BCUT2D eigenvalue weighted by Crippen LogP contribution is 2.23. The number of nitrogens with zero attached hydrogens (tertiary/aromatic N) is 5. The third-order valence-corrected chi connectivity index (χ3v) is 5.15. The van der Waals surface area contributed by atoms with Crippen LogP contribution in [-0.4, -0.2) is 64.0 Å². The molecule has 1 amide bonds. The van der Waals surface area contributed by atoms with Gasteiger partial charge in [0.25, 0.3) is 5.91 Å².